The van der Waals surface area contributed by atoms with E-state index in [-0.39, 0.29) is 5.91 Å². The Balaban J connectivity index is 1.67. The Morgan fingerprint density at radius 3 is 2.75 bits per heavy atom. The van der Waals surface area contributed by atoms with Gasteiger partial charge in [-0.1, -0.05) is 23.7 Å². The maximum atomic E-state index is 12.2. The van der Waals surface area contributed by atoms with Crippen molar-refractivity contribution in [3.05, 3.63) is 82.6 Å². The van der Waals surface area contributed by atoms with Crippen LogP contribution >= 0.6 is 11.6 Å². The van der Waals surface area contributed by atoms with E-state index >= 15 is 0 Å². The summed E-state index contributed by atoms with van der Waals surface area (Å²) in [6, 6.07) is 16.0. The lowest BCUT2D eigenvalue weighted by Crippen LogP contribution is -2.11. The normalized spacial score (nSPS) is 10.2. The van der Waals surface area contributed by atoms with Crippen LogP contribution in [0.5, 0.6) is 0 Å². The fourth-order valence-electron chi connectivity index (χ4n) is 2.24. The van der Waals surface area contributed by atoms with E-state index in [4.69, 9.17) is 16.9 Å². The molecule has 5 nitrogen and oxygen atoms in total. The van der Waals surface area contributed by atoms with E-state index in [9.17, 15) is 4.79 Å². The van der Waals surface area contributed by atoms with Crippen LogP contribution < -0.4 is 5.32 Å². The van der Waals surface area contributed by atoms with Crippen molar-refractivity contribution in [1.82, 2.24) is 9.78 Å². The molecule has 3 aromatic rings. The lowest BCUT2D eigenvalue weighted by Gasteiger charge is -2.03. The second kappa shape index (κ2) is 6.99. The third-order valence-corrected chi connectivity index (χ3v) is 3.64. The molecular weight excluding hydrogens is 324 g/mol. The van der Waals surface area contributed by atoms with Crippen molar-refractivity contribution in [3.63, 3.8) is 0 Å². The van der Waals surface area contributed by atoms with E-state index in [0.29, 0.717) is 28.4 Å². The Bertz CT molecular complexity index is 909. The number of anilines is 1. The Labute approximate surface area is 144 Å². The molecule has 0 saturated carbocycles. The molecule has 0 unspecified atom stereocenters. The first-order chi connectivity index (χ1) is 11.6. The van der Waals surface area contributed by atoms with Gasteiger partial charge < -0.3 is 5.32 Å². The maximum absolute atomic E-state index is 12.2. The number of nitrogens with one attached hydrogen (secondary N) is 1. The molecule has 0 saturated heterocycles. The predicted molar refractivity (Wildman–Crippen MR) is 91.9 cm³/mol. The molecule has 0 atom stereocenters. The second-order valence-electron chi connectivity index (χ2n) is 5.20. The number of aromatic nitrogens is 2. The molecule has 1 aromatic heterocycles. The van der Waals surface area contributed by atoms with Crippen molar-refractivity contribution in [2.24, 2.45) is 0 Å². The Morgan fingerprint density at radius 1 is 1.25 bits per heavy atom. The SMILES string of the molecule is N#Cc1ccc(C(=O)Nc2cnn(Cc3cccc(Cl)c3)c2)cc1. The van der Waals surface area contributed by atoms with Crippen molar-refractivity contribution in [1.29, 1.82) is 5.26 Å². The van der Waals surface area contributed by atoms with Crippen LogP contribution in [0.1, 0.15) is 21.5 Å². The number of rotatable bonds is 4. The summed E-state index contributed by atoms with van der Waals surface area (Å²) in [7, 11) is 0. The molecule has 118 valence electrons. The van der Waals surface area contributed by atoms with Crippen LogP contribution in [0.2, 0.25) is 5.02 Å². The van der Waals surface area contributed by atoms with Crippen LogP contribution in [-0.2, 0) is 6.54 Å². The number of amides is 1. The molecule has 0 radical (unpaired) electrons. The first-order valence-electron chi connectivity index (χ1n) is 7.22. The van der Waals surface area contributed by atoms with E-state index in [0.717, 1.165) is 5.56 Å². The topological polar surface area (TPSA) is 70.7 Å². The van der Waals surface area contributed by atoms with Crippen LogP contribution in [0.4, 0.5) is 5.69 Å². The van der Waals surface area contributed by atoms with E-state index in [1.165, 1.54) is 0 Å². The zero-order chi connectivity index (χ0) is 16.9. The van der Waals surface area contributed by atoms with Crippen LogP contribution in [0.25, 0.3) is 0 Å². The minimum absolute atomic E-state index is 0.248. The fourth-order valence-corrected chi connectivity index (χ4v) is 2.45. The fraction of sp³-hybridized carbons (Fsp3) is 0.0556. The molecule has 0 aliphatic rings. The summed E-state index contributed by atoms with van der Waals surface area (Å²) in [4.78, 5) is 12.2. The second-order valence-corrected chi connectivity index (χ2v) is 5.64. The van der Waals surface area contributed by atoms with E-state index in [1.807, 2.05) is 30.3 Å². The van der Waals surface area contributed by atoms with Crippen molar-refractivity contribution < 1.29 is 4.79 Å². The van der Waals surface area contributed by atoms with E-state index < -0.39 is 0 Å². The van der Waals surface area contributed by atoms with Crippen LogP contribution in [0, 0.1) is 11.3 Å². The number of nitriles is 1. The highest BCUT2D eigenvalue weighted by atomic mass is 35.5. The lowest BCUT2D eigenvalue weighted by atomic mass is 10.1. The van der Waals surface area contributed by atoms with Gasteiger partial charge in [0.2, 0.25) is 0 Å². The summed E-state index contributed by atoms with van der Waals surface area (Å²) in [6.45, 7) is 0.563. The summed E-state index contributed by atoms with van der Waals surface area (Å²) in [5, 5.41) is 16.5. The maximum Gasteiger partial charge on any atom is 0.255 e. The van der Waals surface area contributed by atoms with Gasteiger partial charge in [0.15, 0.2) is 0 Å². The first kappa shape index (κ1) is 15.8. The summed E-state index contributed by atoms with van der Waals surface area (Å²) < 4.78 is 1.72. The molecular formula is C18H13ClN4O. The predicted octanol–water partition coefficient (Wildman–Crippen LogP) is 3.71. The summed E-state index contributed by atoms with van der Waals surface area (Å²) in [5.74, 6) is -0.248. The molecule has 1 amide bonds. The summed E-state index contributed by atoms with van der Waals surface area (Å²) in [6.07, 6.45) is 3.34. The monoisotopic (exact) mass is 336 g/mol. The van der Waals surface area contributed by atoms with Gasteiger partial charge in [-0.15, -0.1) is 0 Å². The van der Waals surface area contributed by atoms with Gasteiger partial charge in [0.05, 0.1) is 30.1 Å². The highest BCUT2D eigenvalue weighted by Gasteiger charge is 2.08. The third-order valence-electron chi connectivity index (χ3n) is 3.40. The van der Waals surface area contributed by atoms with Crippen molar-refractivity contribution in [2.45, 2.75) is 6.54 Å². The van der Waals surface area contributed by atoms with Gasteiger partial charge in [0, 0.05) is 16.8 Å². The minimum Gasteiger partial charge on any atom is -0.319 e. The molecule has 0 fully saturated rings. The average molecular weight is 337 g/mol. The molecule has 0 bridgehead atoms. The third kappa shape index (κ3) is 3.80. The highest BCUT2D eigenvalue weighted by Crippen LogP contribution is 2.14. The summed E-state index contributed by atoms with van der Waals surface area (Å²) in [5.41, 5.74) is 2.62. The highest BCUT2D eigenvalue weighted by molar-refractivity contribution is 6.30. The summed E-state index contributed by atoms with van der Waals surface area (Å²) >= 11 is 5.97. The van der Waals surface area contributed by atoms with Crippen molar-refractivity contribution in [3.8, 4) is 6.07 Å². The number of hydrogen-bond donors (Lipinski definition) is 1. The van der Waals surface area contributed by atoms with Gasteiger partial charge in [0.25, 0.3) is 5.91 Å². The van der Waals surface area contributed by atoms with Gasteiger partial charge >= 0.3 is 0 Å². The van der Waals surface area contributed by atoms with Gasteiger partial charge in [-0.25, -0.2) is 0 Å². The number of halogens is 1. The van der Waals surface area contributed by atoms with Crippen LogP contribution in [-0.4, -0.2) is 15.7 Å². The molecule has 0 aliphatic heterocycles. The smallest absolute Gasteiger partial charge is 0.255 e. The van der Waals surface area contributed by atoms with Gasteiger partial charge in [-0.2, -0.15) is 10.4 Å². The Hall–Kier alpha value is -3.10. The average Bonchev–Trinajstić information content (AvgIpc) is 3.02. The standard InChI is InChI=1S/C18H13ClN4O/c19-16-3-1-2-14(8-16)11-23-12-17(10-21-23)22-18(24)15-6-4-13(9-20)5-7-15/h1-8,10,12H,11H2,(H,22,24). The molecule has 0 aliphatic carbocycles. The number of carbonyl (C=O) groups excluding carboxylic acids is 1. The Kier molecular flexibility index (Phi) is 4.59. The number of nitrogens with zero attached hydrogens (tertiary/aromatic N) is 3. The first-order valence-corrected chi connectivity index (χ1v) is 7.60. The quantitative estimate of drug-likeness (QED) is 0.789. The molecule has 1 N–H and O–H groups in total. The number of benzene rings is 2. The van der Waals surface area contributed by atoms with Crippen molar-refractivity contribution >= 4 is 23.2 Å². The minimum atomic E-state index is -0.248. The van der Waals surface area contributed by atoms with Gasteiger partial charge in [0.1, 0.15) is 0 Å². The lowest BCUT2D eigenvalue weighted by molar-refractivity contribution is 0.102. The van der Waals surface area contributed by atoms with E-state index in [1.54, 1.807) is 41.3 Å². The zero-order valence-corrected chi connectivity index (χ0v) is 13.4. The van der Waals surface area contributed by atoms with Gasteiger partial charge in [-0.3, -0.25) is 9.48 Å². The molecule has 6 heteroatoms. The Morgan fingerprint density at radius 2 is 2.04 bits per heavy atom. The number of carbonyl (C=O) groups is 1. The van der Waals surface area contributed by atoms with Crippen molar-refractivity contribution in [2.75, 3.05) is 5.32 Å². The molecule has 2 aromatic carbocycles. The van der Waals surface area contributed by atoms with Crippen LogP contribution in [0.3, 0.4) is 0 Å². The zero-order valence-electron chi connectivity index (χ0n) is 12.6. The largest absolute Gasteiger partial charge is 0.319 e. The van der Waals surface area contributed by atoms with Crippen LogP contribution in [0.15, 0.2) is 60.9 Å². The molecule has 1 heterocycles. The van der Waals surface area contributed by atoms with E-state index in [2.05, 4.69) is 10.4 Å². The number of hydrogen-bond acceptors (Lipinski definition) is 3. The molecule has 3 rings (SSSR count). The van der Waals surface area contributed by atoms with Gasteiger partial charge in [-0.05, 0) is 42.0 Å². The molecule has 24 heavy (non-hydrogen) atoms. The molecule has 0 spiro atoms.